The number of aryl methyl sites for hydroxylation is 1. The van der Waals surface area contributed by atoms with Crippen molar-refractivity contribution in [2.45, 2.75) is 26.3 Å². The number of ether oxygens (including phenoxy) is 1. The van der Waals surface area contributed by atoms with Crippen molar-refractivity contribution in [3.63, 3.8) is 0 Å². The molecule has 0 aromatic heterocycles. The van der Waals surface area contributed by atoms with Crippen LogP contribution in [0.5, 0.6) is 5.75 Å². The lowest BCUT2D eigenvalue weighted by Gasteiger charge is -2.38. The lowest BCUT2D eigenvalue weighted by molar-refractivity contribution is -0.122. The smallest absolute Gasteiger partial charge is 0.257 e. The van der Waals surface area contributed by atoms with Crippen molar-refractivity contribution >= 4 is 11.8 Å². The van der Waals surface area contributed by atoms with Gasteiger partial charge in [-0.1, -0.05) is 54.1 Å². The van der Waals surface area contributed by atoms with Crippen LogP contribution in [0.1, 0.15) is 45.6 Å². The normalized spacial score (nSPS) is 15.1. The highest BCUT2D eigenvalue weighted by molar-refractivity contribution is 5.95. The van der Waals surface area contributed by atoms with E-state index < -0.39 is 0 Å². The van der Waals surface area contributed by atoms with E-state index >= 15 is 0 Å². The number of fused-ring (bicyclic) bond motifs is 1. The van der Waals surface area contributed by atoms with Crippen molar-refractivity contribution in [3.8, 4) is 5.75 Å². The number of carbonyl (C=O) groups excluding carboxylic acids is 2. The van der Waals surface area contributed by atoms with Crippen LogP contribution in [-0.4, -0.2) is 36.4 Å². The largest absolute Gasteiger partial charge is 0.484 e. The van der Waals surface area contributed by atoms with E-state index in [9.17, 15) is 9.59 Å². The first-order chi connectivity index (χ1) is 15.6. The molecular formula is C27H28N2O3. The Morgan fingerprint density at radius 3 is 2.59 bits per heavy atom. The summed E-state index contributed by atoms with van der Waals surface area (Å²) in [6.45, 7) is 5.11. The van der Waals surface area contributed by atoms with E-state index in [0.29, 0.717) is 24.4 Å². The summed E-state index contributed by atoms with van der Waals surface area (Å²) in [5.74, 6) is 0.486. The molecule has 1 N–H and O–H groups in total. The second-order valence-electron chi connectivity index (χ2n) is 8.03. The van der Waals surface area contributed by atoms with E-state index in [0.717, 1.165) is 23.1 Å². The molecule has 32 heavy (non-hydrogen) atoms. The lowest BCUT2D eigenvalue weighted by atomic mass is 9.87. The number of benzene rings is 3. The Morgan fingerprint density at radius 2 is 1.84 bits per heavy atom. The van der Waals surface area contributed by atoms with E-state index in [4.69, 9.17) is 4.74 Å². The fourth-order valence-electron chi connectivity index (χ4n) is 4.25. The quantitative estimate of drug-likeness (QED) is 0.637. The van der Waals surface area contributed by atoms with Crippen LogP contribution in [0.2, 0.25) is 0 Å². The van der Waals surface area contributed by atoms with Crippen LogP contribution >= 0.6 is 0 Å². The van der Waals surface area contributed by atoms with Crippen molar-refractivity contribution in [1.82, 2.24) is 10.2 Å². The van der Waals surface area contributed by atoms with Gasteiger partial charge in [-0.25, -0.2) is 0 Å². The molecule has 0 bridgehead atoms. The van der Waals surface area contributed by atoms with Crippen LogP contribution in [-0.2, 0) is 11.2 Å². The number of likely N-dealkylation sites (N-methyl/N-ethyl adjacent to an activating group) is 1. The molecule has 4 rings (SSSR count). The maximum absolute atomic E-state index is 13.5. The number of hydrogen-bond donors (Lipinski definition) is 1. The van der Waals surface area contributed by atoms with Crippen LogP contribution in [0, 0.1) is 6.92 Å². The van der Waals surface area contributed by atoms with Crippen LogP contribution < -0.4 is 10.1 Å². The van der Waals surface area contributed by atoms with Gasteiger partial charge in [-0.3, -0.25) is 9.59 Å². The molecule has 0 spiro atoms. The van der Waals surface area contributed by atoms with Crippen LogP contribution in [0.3, 0.4) is 0 Å². The molecule has 0 radical (unpaired) electrons. The van der Waals surface area contributed by atoms with Gasteiger partial charge in [0, 0.05) is 18.7 Å². The molecule has 0 fully saturated rings. The van der Waals surface area contributed by atoms with Crippen molar-refractivity contribution in [3.05, 3.63) is 101 Å². The van der Waals surface area contributed by atoms with Gasteiger partial charge in [0.2, 0.25) is 0 Å². The van der Waals surface area contributed by atoms with Crippen molar-refractivity contribution in [1.29, 1.82) is 0 Å². The average molecular weight is 429 g/mol. The number of nitrogens with zero attached hydrogens (tertiary/aromatic N) is 1. The third kappa shape index (κ3) is 4.67. The summed E-state index contributed by atoms with van der Waals surface area (Å²) in [5.41, 5.74) is 5.12. The summed E-state index contributed by atoms with van der Waals surface area (Å²) in [6, 6.07) is 23.4. The molecule has 164 valence electrons. The van der Waals surface area contributed by atoms with Crippen molar-refractivity contribution < 1.29 is 14.3 Å². The summed E-state index contributed by atoms with van der Waals surface area (Å²) in [6.07, 6.45) is 0.771. The van der Waals surface area contributed by atoms with Gasteiger partial charge in [-0.2, -0.15) is 0 Å². The molecule has 1 heterocycles. The molecule has 1 atom stereocenters. The van der Waals surface area contributed by atoms with Crippen LogP contribution in [0.15, 0.2) is 72.8 Å². The van der Waals surface area contributed by atoms with Gasteiger partial charge in [0.1, 0.15) is 5.75 Å². The molecule has 0 unspecified atom stereocenters. The number of nitrogens with one attached hydrogen (secondary N) is 1. The van der Waals surface area contributed by atoms with Gasteiger partial charge in [0.05, 0.1) is 6.04 Å². The monoisotopic (exact) mass is 428 g/mol. The molecule has 0 aliphatic carbocycles. The third-order valence-corrected chi connectivity index (χ3v) is 5.73. The SMILES string of the molecule is CCNC(=O)COc1ccc2c(c1)[C@H](c1cccc(C)c1)N(C(=O)c1ccccc1)CC2. The number of carbonyl (C=O) groups is 2. The maximum atomic E-state index is 13.5. The van der Waals surface area contributed by atoms with Crippen LogP contribution in [0.4, 0.5) is 0 Å². The number of amides is 2. The zero-order valence-electron chi connectivity index (χ0n) is 18.5. The molecule has 2 amide bonds. The lowest BCUT2D eigenvalue weighted by Crippen LogP contribution is -2.40. The highest BCUT2D eigenvalue weighted by atomic mass is 16.5. The second kappa shape index (κ2) is 9.69. The van der Waals surface area contributed by atoms with Gasteiger partial charge in [0.15, 0.2) is 6.61 Å². The third-order valence-electron chi connectivity index (χ3n) is 5.73. The van der Waals surface area contributed by atoms with Gasteiger partial charge in [-0.05, 0) is 61.2 Å². The summed E-state index contributed by atoms with van der Waals surface area (Å²) >= 11 is 0. The number of hydrogen-bond acceptors (Lipinski definition) is 3. The molecule has 5 heteroatoms. The highest BCUT2D eigenvalue weighted by Crippen LogP contribution is 2.38. The summed E-state index contributed by atoms with van der Waals surface area (Å²) in [7, 11) is 0. The summed E-state index contributed by atoms with van der Waals surface area (Å²) in [5, 5.41) is 2.74. The first kappa shape index (κ1) is 21.6. The fraction of sp³-hybridized carbons (Fsp3) is 0.259. The van der Waals surface area contributed by atoms with Gasteiger partial charge >= 0.3 is 0 Å². The molecule has 3 aromatic carbocycles. The molecule has 3 aromatic rings. The van der Waals surface area contributed by atoms with Crippen molar-refractivity contribution in [2.24, 2.45) is 0 Å². The summed E-state index contributed by atoms with van der Waals surface area (Å²) in [4.78, 5) is 27.3. The Balaban J connectivity index is 1.72. The minimum Gasteiger partial charge on any atom is -0.484 e. The standard InChI is InChI=1S/C27H28N2O3/c1-3-28-25(30)18-32-23-13-12-20-14-15-29(27(31)21-9-5-4-6-10-21)26(24(20)17-23)22-11-7-8-19(2)16-22/h4-13,16-17,26H,3,14-15,18H2,1-2H3,(H,28,30)/t26-/m0/s1. The van der Waals surface area contributed by atoms with E-state index in [-0.39, 0.29) is 24.5 Å². The average Bonchev–Trinajstić information content (AvgIpc) is 2.82. The summed E-state index contributed by atoms with van der Waals surface area (Å²) < 4.78 is 5.76. The maximum Gasteiger partial charge on any atom is 0.257 e. The Morgan fingerprint density at radius 1 is 1.03 bits per heavy atom. The Kier molecular flexibility index (Phi) is 6.55. The molecule has 1 aliphatic rings. The van der Waals surface area contributed by atoms with Crippen molar-refractivity contribution in [2.75, 3.05) is 19.7 Å². The van der Waals surface area contributed by atoms with Gasteiger partial charge in [-0.15, -0.1) is 0 Å². The van der Waals surface area contributed by atoms with E-state index in [1.54, 1.807) is 0 Å². The first-order valence-electron chi connectivity index (χ1n) is 11.0. The fourth-order valence-corrected chi connectivity index (χ4v) is 4.25. The Hall–Kier alpha value is -3.60. The topological polar surface area (TPSA) is 58.6 Å². The van der Waals surface area contributed by atoms with E-state index in [1.807, 2.05) is 60.4 Å². The van der Waals surface area contributed by atoms with Crippen LogP contribution in [0.25, 0.3) is 0 Å². The van der Waals surface area contributed by atoms with E-state index in [1.165, 1.54) is 5.56 Å². The highest BCUT2D eigenvalue weighted by Gasteiger charge is 2.33. The zero-order chi connectivity index (χ0) is 22.5. The minimum absolute atomic E-state index is 0.0106. The minimum atomic E-state index is -0.223. The Bertz CT molecular complexity index is 1110. The predicted molar refractivity (Wildman–Crippen MR) is 125 cm³/mol. The molecule has 0 saturated heterocycles. The van der Waals surface area contributed by atoms with Gasteiger partial charge < -0.3 is 15.0 Å². The molecular weight excluding hydrogens is 400 g/mol. The Labute approximate surface area is 189 Å². The molecule has 1 aliphatic heterocycles. The molecule has 0 saturated carbocycles. The molecule has 5 nitrogen and oxygen atoms in total. The van der Waals surface area contributed by atoms with Gasteiger partial charge in [0.25, 0.3) is 11.8 Å². The first-order valence-corrected chi connectivity index (χ1v) is 11.0. The van der Waals surface area contributed by atoms with E-state index in [2.05, 4.69) is 36.5 Å². The second-order valence-corrected chi connectivity index (χ2v) is 8.03. The predicted octanol–water partition coefficient (Wildman–Crippen LogP) is 4.30. The zero-order valence-corrected chi connectivity index (χ0v) is 18.5. The number of rotatable bonds is 6.